The highest BCUT2D eigenvalue weighted by molar-refractivity contribution is 5.67. The van der Waals surface area contributed by atoms with Gasteiger partial charge in [0.15, 0.2) is 6.10 Å². The number of aliphatic hydroxyl groups excluding tert-OH is 2. The number of amides is 1. The maximum atomic E-state index is 11.3. The molecule has 5 unspecified atom stereocenters. The number of esters is 1. The van der Waals surface area contributed by atoms with Crippen molar-refractivity contribution in [1.82, 2.24) is 5.32 Å². The van der Waals surface area contributed by atoms with Crippen molar-refractivity contribution in [2.75, 3.05) is 6.61 Å². The highest BCUT2D eigenvalue weighted by Gasteiger charge is 2.45. The number of ether oxygens (including phenoxy) is 4. The van der Waals surface area contributed by atoms with E-state index in [-0.39, 0.29) is 0 Å². The second kappa shape index (κ2) is 9.54. The van der Waals surface area contributed by atoms with E-state index in [1.807, 2.05) is 0 Å². The number of carbonyl (C=O) groups is 2. The Hall–Kier alpha value is -2.36. The van der Waals surface area contributed by atoms with Crippen molar-refractivity contribution in [2.45, 2.75) is 58.0 Å². The first-order chi connectivity index (χ1) is 12.8. The molecule has 9 nitrogen and oxygen atoms in total. The lowest BCUT2D eigenvalue weighted by Crippen LogP contribution is -2.59. The summed E-state index contributed by atoms with van der Waals surface area (Å²) in [7, 11) is 0. The summed E-state index contributed by atoms with van der Waals surface area (Å²) in [6.45, 7) is 5.14. The van der Waals surface area contributed by atoms with Crippen LogP contribution in [-0.2, 0) is 25.5 Å². The molecule has 1 aliphatic heterocycles. The van der Waals surface area contributed by atoms with Crippen LogP contribution in [0.15, 0.2) is 24.3 Å². The summed E-state index contributed by atoms with van der Waals surface area (Å²) in [5.74, 6) is -0.169. The van der Waals surface area contributed by atoms with Gasteiger partial charge in [0.25, 0.3) is 0 Å². The zero-order valence-electron chi connectivity index (χ0n) is 15.5. The van der Waals surface area contributed by atoms with Gasteiger partial charge in [-0.1, -0.05) is 12.1 Å². The fourth-order valence-electron chi connectivity index (χ4n) is 2.63. The summed E-state index contributed by atoms with van der Waals surface area (Å²) >= 11 is 0. The average molecular weight is 383 g/mol. The van der Waals surface area contributed by atoms with Crippen LogP contribution in [0.3, 0.4) is 0 Å². The van der Waals surface area contributed by atoms with Crippen molar-refractivity contribution >= 4 is 12.1 Å². The van der Waals surface area contributed by atoms with Gasteiger partial charge in [0.05, 0.1) is 12.7 Å². The van der Waals surface area contributed by atoms with E-state index in [9.17, 15) is 19.8 Å². The van der Waals surface area contributed by atoms with Crippen LogP contribution in [-0.4, -0.2) is 59.6 Å². The van der Waals surface area contributed by atoms with Crippen LogP contribution in [0.2, 0.25) is 0 Å². The molecular weight excluding hydrogens is 358 g/mol. The second-order valence-corrected chi connectivity index (χ2v) is 6.10. The minimum Gasteiger partial charge on any atom is -0.462 e. The summed E-state index contributed by atoms with van der Waals surface area (Å²) in [5, 5.41) is 23.0. The molecule has 27 heavy (non-hydrogen) atoms. The fraction of sp³-hybridized carbons (Fsp3) is 0.556. The van der Waals surface area contributed by atoms with Crippen molar-refractivity contribution in [2.24, 2.45) is 0 Å². The number of nitrogens with one attached hydrogen (secondary N) is 1. The molecule has 1 fully saturated rings. The molecule has 5 atom stereocenters. The number of hydrogen-bond donors (Lipinski definition) is 3. The molecule has 0 aromatic heterocycles. The molecule has 1 amide bonds. The lowest BCUT2D eigenvalue weighted by molar-refractivity contribution is -0.272. The van der Waals surface area contributed by atoms with E-state index in [0.717, 1.165) is 5.56 Å². The molecule has 0 saturated carbocycles. The van der Waals surface area contributed by atoms with Gasteiger partial charge < -0.3 is 34.5 Å². The van der Waals surface area contributed by atoms with Gasteiger partial charge in [0, 0.05) is 13.5 Å². The number of benzene rings is 1. The molecule has 1 aliphatic rings. The summed E-state index contributed by atoms with van der Waals surface area (Å²) in [4.78, 5) is 22.4. The van der Waals surface area contributed by atoms with E-state index < -0.39 is 42.8 Å². The third kappa shape index (κ3) is 5.81. The van der Waals surface area contributed by atoms with Gasteiger partial charge in [-0.05, 0) is 31.5 Å². The first-order valence-corrected chi connectivity index (χ1v) is 8.66. The van der Waals surface area contributed by atoms with Gasteiger partial charge in [-0.15, -0.1) is 0 Å². The van der Waals surface area contributed by atoms with Crippen LogP contribution < -0.4 is 10.1 Å². The van der Waals surface area contributed by atoms with Gasteiger partial charge in [0.1, 0.15) is 18.0 Å². The van der Waals surface area contributed by atoms with E-state index in [1.165, 1.54) is 6.92 Å². The smallest absolute Gasteiger partial charge is 0.407 e. The van der Waals surface area contributed by atoms with Crippen LogP contribution in [0.25, 0.3) is 0 Å². The van der Waals surface area contributed by atoms with E-state index in [2.05, 4.69) is 5.32 Å². The Morgan fingerprint density at radius 1 is 1.19 bits per heavy atom. The van der Waals surface area contributed by atoms with Crippen molar-refractivity contribution in [3.8, 4) is 5.75 Å². The number of carbonyl (C=O) groups excluding carboxylic acids is 2. The molecule has 0 bridgehead atoms. The van der Waals surface area contributed by atoms with Gasteiger partial charge in [-0.25, -0.2) is 4.79 Å². The highest BCUT2D eigenvalue weighted by atomic mass is 16.7. The number of rotatable bonds is 6. The largest absolute Gasteiger partial charge is 0.462 e. The van der Waals surface area contributed by atoms with Gasteiger partial charge in [-0.2, -0.15) is 0 Å². The number of alkyl carbamates (subject to hydrolysis) is 1. The maximum Gasteiger partial charge on any atom is 0.407 e. The molecule has 150 valence electrons. The topological polar surface area (TPSA) is 124 Å². The molecular formula is C18H25NO8. The minimum absolute atomic E-state index is 0.293. The zero-order chi connectivity index (χ0) is 20.0. The van der Waals surface area contributed by atoms with Crippen molar-refractivity contribution in [1.29, 1.82) is 0 Å². The normalized spacial score (nSPS) is 27.5. The Labute approximate surface area is 157 Å². The Morgan fingerprint density at radius 2 is 1.85 bits per heavy atom. The zero-order valence-corrected chi connectivity index (χ0v) is 15.5. The molecule has 1 heterocycles. The van der Waals surface area contributed by atoms with E-state index >= 15 is 0 Å². The van der Waals surface area contributed by atoms with Crippen LogP contribution in [0.4, 0.5) is 4.79 Å². The Morgan fingerprint density at radius 3 is 2.44 bits per heavy atom. The van der Waals surface area contributed by atoms with Gasteiger partial charge in [-0.3, -0.25) is 4.79 Å². The predicted octanol–water partition coefficient (Wildman–Crippen LogP) is 0.710. The van der Waals surface area contributed by atoms with E-state index in [4.69, 9.17) is 18.9 Å². The summed E-state index contributed by atoms with van der Waals surface area (Å²) in [6.07, 6.45) is -5.99. The van der Waals surface area contributed by atoms with Gasteiger partial charge in [0.2, 0.25) is 6.29 Å². The first kappa shape index (κ1) is 20.9. The molecule has 3 N–H and O–H groups in total. The Kier molecular flexibility index (Phi) is 7.40. The molecule has 1 aromatic rings. The van der Waals surface area contributed by atoms with Crippen molar-refractivity contribution in [3.05, 3.63) is 29.8 Å². The van der Waals surface area contributed by atoms with E-state index in [1.54, 1.807) is 38.1 Å². The van der Waals surface area contributed by atoms with E-state index in [0.29, 0.717) is 18.9 Å². The van der Waals surface area contributed by atoms with Crippen molar-refractivity contribution in [3.63, 3.8) is 0 Å². The lowest BCUT2D eigenvalue weighted by atomic mass is 9.99. The highest BCUT2D eigenvalue weighted by Crippen LogP contribution is 2.26. The van der Waals surface area contributed by atoms with Crippen molar-refractivity contribution < 1.29 is 38.7 Å². The molecule has 0 radical (unpaired) electrons. The Bertz CT molecular complexity index is 635. The monoisotopic (exact) mass is 383 g/mol. The van der Waals surface area contributed by atoms with Crippen LogP contribution >= 0.6 is 0 Å². The second-order valence-electron chi connectivity index (χ2n) is 6.10. The fourth-order valence-corrected chi connectivity index (χ4v) is 2.63. The maximum absolute atomic E-state index is 11.3. The standard InChI is InChI=1S/C18H25NO8/c1-4-24-18(23)19-9-12-5-7-13(8-6-12)27-17-15(22)14(21)16(10(2)25-17)26-11(3)20/h5-8,10,14-17,21-22H,4,9H2,1-3H3,(H,19,23). The molecule has 1 saturated heterocycles. The SMILES string of the molecule is CCOC(=O)NCc1ccc(OC2OC(C)C(OC(C)=O)C(O)C2O)cc1. The quantitative estimate of drug-likeness (QED) is 0.614. The first-order valence-electron chi connectivity index (χ1n) is 8.66. The van der Waals surface area contributed by atoms with Gasteiger partial charge >= 0.3 is 12.1 Å². The minimum atomic E-state index is -1.39. The average Bonchev–Trinajstić information content (AvgIpc) is 2.62. The third-order valence-electron chi connectivity index (χ3n) is 3.97. The van der Waals surface area contributed by atoms with Crippen LogP contribution in [0.5, 0.6) is 5.75 Å². The summed E-state index contributed by atoms with van der Waals surface area (Å²) in [5.41, 5.74) is 0.823. The molecule has 9 heteroatoms. The number of hydrogen-bond acceptors (Lipinski definition) is 8. The number of aliphatic hydroxyl groups is 2. The molecule has 1 aromatic carbocycles. The summed E-state index contributed by atoms with van der Waals surface area (Å²) < 4.78 is 20.9. The third-order valence-corrected chi connectivity index (χ3v) is 3.97. The van der Waals surface area contributed by atoms with Crippen LogP contribution in [0, 0.1) is 0 Å². The summed E-state index contributed by atoms with van der Waals surface area (Å²) in [6, 6.07) is 6.76. The molecule has 0 spiro atoms. The molecule has 2 rings (SSSR count). The lowest BCUT2D eigenvalue weighted by Gasteiger charge is -2.40. The predicted molar refractivity (Wildman–Crippen MR) is 92.8 cm³/mol. The van der Waals surface area contributed by atoms with Crippen LogP contribution in [0.1, 0.15) is 26.3 Å². The molecule has 0 aliphatic carbocycles. The Balaban J connectivity index is 1.93.